The van der Waals surface area contributed by atoms with Crippen molar-refractivity contribution in [1.82, 2.24) is 15.0 Å². The summed E-state index contributed by atoms with van der Waals surface area (Å²) in [7, 11) is 0. The molecule has 6 heteroatoms. The summed E-state index contributed by atoms with van der Waals surface area (Å²) in [6.07, 6.45) is 1.31. The Hall–Kier alpha value is -1.82. The number of hydrogen-bond donors (Lipinski definition) is 1. The lowest BCUT2D eigenvalue weighted by atomic mass is 10.2. The molecule has 0 unspecified atom stereocenters. The van der Waals surface area contributed by atoms with Crippen LogP contribution in [0.25, 0.3) is 11.5 Å². The summed E-state index contributed by atoms with van der Waals surface area (Å²) in [5.74, 6) is -0.551. The quantitative estimate of drug-likeness (QED) is 0.860. The number of nitrogens with zero attached hydrogens (tertiary/aromatic N) is 3. The van der Waals surface area contributed by atoms with Gasteiger partial charge in [-0.05, 0) is 13.8 Å². The normalized spacial score (nSPS) is 10.4. The van der Waals surface area contributed by atoms with Crippen LogP contribution in [0.3, 0.4) is 0 Å². The molecule has 0 aliphatic rings. The molecule has 0 saturated heterocycles. The third-order valence-electron chi connectivity index (χ3n) is 2.06. The fourth-order valence-corrected chi connectivity index (χ4v) is 1.86. The molecule has 82 valence electrons. The Morgan fingerprint density at radius 1 is 1.38 bits per heavy atom. The lowest BCUT2D eigenvalue weighted by molar-refractivity contribution is 0.0695. The SMILES string of the molecule is Cc1nc(-c2ncc(C(=O)O)c(C)n2)cs1. The molecule has 0 saturated carbocycles. The zero-order chi connectivity index (χ0) is 11.7. The lowest BCUT2D eigenvalue weighted by Gasteiger charge is -2.00. The lowest BCUT2D eigenvalue weighted by Crippen LogP contribution is -2.04. The summed E-state index contributed by atoms with van der Waals surface area (Å²) in [6, 6.07) is 0. The van der Waals surface area contributed by atoms with Gasteiger partial charge in [-0.2, -0.15) is 0 Å². The van der Waals surface area contributed by atoms with Gasteiger partial charge in [0.1, 0.15) is 5.69 Å². The Balaban J connectivity index is 2.45. The third kappa shape index (κ3) is 1.92. The number of carboxylic acid groups (broad SMARTS) is 1. The first-order valence-corrected chi connectivity index (χ1v) is 5.45. The summed E-state index contributed by atoms with van der Waals surface area (Å²) in [4.78, 5) is 23.1. The number of aromatic carboxylic acids is 1. The van der Waals surface area contributed by atoms with Gasteiger partial charge in [0.25, 0.3) is 0 Å². The van der Waals surface area contributed by atoms with E-state index in [0.29, 0.717) is 17.2 Å². The maximum atomic E-state index is 10.8. The maximum Gasteiger partial charge on any atom is 0.339 e. The first kappa shape index (κ1) is 10.7. The molecular weight excluding hydrogens is 226 g/mol. The van der Waals surface area contributed by atoms with Gasteiger partial charge < -0.3 is 5.11 Å². The van der Waals surface area contributed by atoms with Crippen molar-refractivity contribution in [3.05, 3.63) is 27.8 Å². The fourth-order valence-electron chi connectivity index (χ4n) is 1.27. The average molecular weight is 235 g/mol. The standard InChI is InChI=1S/C10H9N3O2S/c1-5-7(10(14)15)3-11-9(12-5)8-4-16-6(2)13-8/h3-4H,1-2H3,(H,14,15). The van der Waals surface area contributed by atoms with Gasteiger partial charge in [0.15, 0.2) is 5.82 Å². The molecule has 0 fully saturated rings. The Morgan fingerprint density at radius 3 is 2.62 bits per heavy atom. The van der Waals surface area contributed by atoms with Crippen molar-refractivity contribution in [3.8, 4) is 11.5 Å². The van der Waals surface area contributed by atoms with Crippen LogP contribution in [0.4, 0.5) is 0 Å². The largest absolute Gasteiger partial charge is 0.478 e. The molecule has 2 rings (SSSR count). The summed E-state index contributed by atoms with van der Waals surface area (Å²) in [5, 5.41) is 11.6. The second-order valence-electron chi connectivity index (χ2n) is 3.25. The molecule has 0 aliphatic carbocycles. The predicted octanol–water partition coefficient (Wildman–Crippen LogP) is 1.92. The summed E-state index contributed by atoms with van der Waals surface area (Å²) < 4.78 is 0. The minimum atomic E-state index is -1.02. The van der Waals surface area contributed by atoms with Gasteiger partial charge >= 0.3 is 5.97 Å². The van der Waals surface area contributed by atoms with Crippen molar-refractivity contribution in [2.24, 2.45) is 0 Å². The van der Waals surface area contributed by atoms with E-state index in [1.165, 1.54) is 17.5 Å². The molecule has 0 atom stereocenters. The van der Waals surface area contributed by atoms with Gasteiger partial charge in [-0.15, -0.1) is 11.3 Å². The summed E-state index contributed by atoms with van der Waals surface area (Å²) in [6.45, 7) is 3.54. The van der Waals surface area contributed by atoms with Crippen molar-refractivity contribution in [1.29, 1.82) is 0 Å². The second-order valence-corrected chi connectivity index (χ2v) is 4.31. The summed E-state index contributed by atoms with van der Waals surface area (Å²) >= 11 is 1.51. The molecule has 2 aromatic rings. The van der Waals surface area contributed by atoms with E-state index in [4.69, 9.17) is 5.11 Å². The van der Waals surface area contributed by atoms with E-state index in [0.717, 1.165) is 5.01 Å². The topological polar surface area (TPSA) is 76.0 Å². The van der Waals surface area contributed by atoms with Crippen molar-refractivity contribution in [2.75, 3.05) is 0 Å². The average Bonchev–Trinajstić information content (AvgIpc) is 2.64. The number of thiazole rings is 1. The van der Waals surface area contributed by atoms with Crippen LogP contribution in [-0.4, -0.2) is 26.0 Å². The first-order chi connectivity index (χ1) is 7.58. The number of hydrogen-bond acceptors (Lipinski definition) is 5. The second kappa shape index (κ2) is 3.97. The number of carboxylic acids is 1. The van der Waals surface area contributed by atoms with E-state index in [1.54, 1.807) is 6.92 Å². The Labute approximate surface area is 95.8 Å². The zero-order valence-corrected chi connectivity index (χ0v) is 9.58. The molecule has 5 nitrogen and oxygen atoms in total. The van der Waals surface area contributed by atoms with E-state index < -0.39 is 5.97 Å². The van der Waals surface area contributed by atoms with Crippen LogP contribution in [-0.2, 0) is 0 Å². The number of aromatic nitrogens is 3. The van der Waals surface area contributed by atoms with E-state index in [9.17, 15) is 4.79 Å². The first-order valence-electron chi connectivity index (χ1n) is 4.57. The van der Waals surface area contributed by atoms with Gasteiger partial charge in [0.05, 0.1) is 16.3 Å². The van der Waals surface area contributed by atoms with Crippen LogP contribution in [0, 0.1) is 13.8 Å². The van der Waals surface area contributed by atoms with Crippen LogP contribution in [0.5, 0.6) is 0 Å². The summed E-state index contributed by atoms with van der Waals surface area (Å²) in [5.41, 5.74) is 1.25. The van der Waals surface area contributed by atoms with Gasteiger partial charge in [-0.25, -0.2) is 19.7 Å². The molecule has 0 spiro atoms. The number of carbonyl (C=O) groups is 1. The van der Waals surface area contributed by atoms with E-state index >= 15 is 0 Å². The smallest absolute Gasteiger partial charge is 0.339 e. The van der Waals surface area contributed by atoms with Crippen LogP contribution >= 0.6 is 11.3 Å². The van der Waals surface area contributed by atoms with Crippen molar-refractivity contribution in [3.63, 3.8) is 0 Å². The van der Waals surface area contributed by atoms with Crippen LogP contribution in [0.15, 0.2) is 11.6 Å². The molecule has 0 bridgehead atoms. The van der Waals surface area contributed by atoms with E-state index in [1.807, 2.05) is 12.3 Å². The monoisotopic (exact) mass is 235 g/mol. The molecule has 2 aromatic heterocycles. The van der Waals surface area contributed by atoms with Gasteiger partial charge in [0, 0.05) is 11.6 Å². The van der Waals surface area contributed by atoms with Crippen molar-refractivity contribution in [2.45, 2.75) is 13.8 Å². The van der Waals surface area contributed by atoms with Crippen LogP contribution < -0.4 is 0 Å². The van der Waals surface area contributed by atoms with Gasteiger partial charge in [0.2, 0.25) is 0 Å². The number of aryl methyl sites for hydroxylation is 2. The highest BCUT2D eigenvalue weighted by Crippen LogP contribution is 2.18. The highest BCUT2D eigenvalue weighted by atomic mass is 32.1. The minimum absolute atomic E-state index is 0.121. The molecule has 2 heterocycles. The van der Waals surface area contributed by atoms with Gasteiger partial charge in [-0.1, -0.05) is 0 Å². The maximum absolute atomic E-state index is 10.8. The molecule has 0 radical (unpaired) electrons. The molecule has 16 heavy (non-hydrogen) atoms. The highest BCUT2D eigenvalue weighted by Gasteiger charge is 2.12. The van der Waals surface area contributed by atoms with E-state index in [2.05, 4.69) is 15.0 Å². The van der Waals surface area contributed by atoms with Crippen molar-refractivity contribution < 1.29 is 9.90 Å². The Bertz CT molecular complexity index is 551. The molecule has 1 N–H and O–H groups in total. The Kier molecular flexibility index (Phi) is 2.66. The van der Waals surface area contributed by atoms with Gasteiger partial charge in [-0.3, -0.25) is 0 Å². The molecule has 0 aromatic carbocycles. The zero-order valence-electron chi connectivity index (χ0n) is 8.76. The highest BCUT2D eigenvalue weighted by molar-refractivity contribution is 7.09. The predicted molar refractivity (Wildman–Crippen MR) is 59.6 cm³/mol. The minimum Gasteiger partial charge on any atom is -0.478 e. The third-order valence-corrected chi connectivity index (χ3v) is 2.83. The number of rotatable bonds is 2. The van der Waals surface area contributed by atoms with Crippen LogP contribution in [0.2, 0.25) is 0 Å². The Morgan fingerprint density at radius 2 is 2.12 bits per heavy atom. The fraction of sp³-hybridized carbons (Fsp3) is 0.200. The van der Waals surface area contributed by atoms with E-state index in [-0.39, 0.29) is 5.56 Å². The molecule has 0 aliphatic heterocycles. The van der Waals surface area contributed by atoms with Crippen LogP contribution in [0.1, 0.15) is 21.1 Å². The molecular formula is C10H9N3O2S. The molecule has 0 amide bonds. The van der Waals surface area contributed by atoms with Crippen molar-refractivity contribution >= 4 is 17.3 Å².